The molecule has 0 radical (unpaired) electrons. The Hall–Kier alpha value is -0.286. The molecule has 0 atom stereocenters. The Morgan fingerprint density at radius 3 is 1.67 bits per heavy atom. The minimum Gasteiger partial charge on any atom is -0.477 e. The minimum atomic E-state index is -1.61. The van der Waals surface area contributed by atoms with Gasteiger partial charge in [0.1, 0.15) is 16.1 Å². The zero-order chi connectivity index (χ0) is 16.9. The number of ether oxygens (including phenoxy) is 1. The first-order valence-corrected chi connectivity index (χ1v) is 14.2. The summed E-state index contributed by atoms with van der Waals surface area (Å²) in [5.74, 6) is 0. The van der Waals surface area contributed by atoms with Gasteiger partial charge in [0.05, 0.1) is 10.8 Å². The maximum atomic E-state index is 6.65. The molecule has 1 aliphatic rings. The summed E-state index contributed by atoms with van der Waals surface area (Å²) in [5, 5.41) is 3.29. The Morgan fingerprint density at radius 1 is 0.857 bits per heavy atom. The van der Waals surface area contributed by atoms with E-state index in [4.69, 9.17) is 4.74 Å². The lowest BCUT2D eigenvalue weighted by Crippen LogP contribution is -2.46. The summed E-state index contributed by atoms with van der Waals surface area (Å²) >= 11 is 0. The maximum Gasteiger partial charge on any atom is 0.131 e. The zero-order valence-electron chi connectivity index (χ0n) is 16.2. The van der Waals surface area contributed by atoms with Crippen molar-refractivity contribution < 1.29 is 4.74 Å². The SMILES string of the molecule is CC1=C([Si](C)(C)C(C)(C)C)OC([Si](C)(C)C(C)(C)C)=CC1. The van der Waals surface area contributed by atoms with E-state index >= 15 is 0 Å². The molecule has 0 unspecified atom stereocenters. The van der Waals surface area contributed by atoms with E-state index in [1.807, 2.05) is 0 Å². The van der Waals surface area contributed by atoms with Crippen LogP contribution in [0.2, 0.25) is 36.3 Å². The summed E-state index contributed by atoms with van der Waals surface area (Å²) in [6.45, 7) is 26.3. The van der Waals surface area contributed by atoms with Crippen molar-refractivity contribution in [2.45, 2.75) is 91.2 Å². The molecule has 0 aliphatic carbocycles. The topological polar surface area (TPSA) is 9.23 Å². The van der Waals surface area contributed by atoms with Gasteiger partial charge < -0.3 is 4.74 Å². The molecule has 0 saturated carbocycles. The van der Waals surface area contributed by atoms with E-state index in [2.05, 4.69) is 80.7 Å². The van der Waals surface area contributed by atoms with Crippen molar-refractivity contribution in [3.63, 3.8) is 0 Å². The number of rotatable bonds is 2. The molecule has 1 rings (SSSR count). The third kappa shape index (κ3) is 3.39. The van der Waals surface area contributed by atoms with Gasteiger partial charge in [-0.2, -0.15) is 0 Å². The summed E-state index contributed by atoms with van der Waals surface area (Å²) in [5.41, 5.74) is 1.45. The van der Waals surface area contributed by atoms with Crippen molar-refractivity contribution in [1.29, 1.82) is 0 Å². The highest BCUT2D eigenvalue weighted by molar-refractivity contribution is 6.88. The molecule has 1 heterocycles. The van der Waals surface area contributed by atoms with Crippen LogP contribution in [0.5, 0.6) is 0 Å². The van der Waals surface area contributed by atoms with Crippen LogP contribution in [0.3, 0.4) is 0 Å². The van der Waals surface area contributed by atoms with Gasteiger partial charge in [-0.25, -0.2) is 0 Å². The number of allylic oxidation sites excluding steroid dienone is 2. The molecule has 0 amide bonds. The summed E-state index contributed by atoms with van der Waals surface area (Å²) in [6, 6.07) is 0. The van der Waals surface area contributed by atoms with Gasteiger partial charge in [0.15, 0.2) is 0 Å². The smallest absolute Gasteiger partial charge is 0.131 e. The molecule has 0 spiro atoms. The largest absolute Gasteiger partial charge is 0.477 e. The van der Waals surface area contributed by atoms with E-state index in [0.29, 0.717) is 10.1 Å². The first-order chi connectivity index (χ1) is 9.12. The van der Waals surface area contributed by atoms with E-state index in [9.17, 15) is 0 Å². The highest BCUT2D eigenvalue weighted by atomic mass is 28.3. The molecule has 0 saturated heterocycles. The van der Waals surface area contributed by atoms with E-state index in [1.165, 1.54) is 16.3 Å². The fourth-order valence-electron chi connectivity index (χ4n) is 2.33. The number of hydrogen-bond donors (Lipinski definition) is 0. The third-order valence-electron chi connectivity index (χ3n) is 6.13. The summed E-state index contributed by atoms with van der Waals surface area (Å²) in [4.78, 5) is 0. The fourth-order valence-corrected chi connectivity index (χ4v) is 6.36. The van der Waals surface area contributed by atoms with Crippen LogP contribution in [0, 0.1) is 0 Å². The van der Waals surface area contributed by atoms with Crippen LogP contribution >= 0.6 is 0 Å². The highest BCUT2D eigenvalue weighted by Gasteiger charge is 2.46. The molecule has 3 heteroatoms. The summed E-state index contributed by atoms with van der Waals surface area (Å²) < 4.78 is 6.65. The molecular weight excluding hydrogens is 288 g/mol. The monoisotopic (exact) mass is 324 g/mol. The lowest BCUT2D eigenvalue weighted by Gasteiger charge is -2.45. The second-order valence-corrected chi connectivity index (χ2v) is 20.2. The molecule has 0 N–H and O–H groups in total. The average molecular weight is 325 g/mol. The van der Waals surface area contributed by atoms with Crippen LogP contribution in [0.1, 0.15) is 54.9 Å². The second-order valence-electron chi connectivity index (χ2n) is 9.73. The van der Waals surface area contributed by atoms with Crippen LogP contribution in [-0.4, -0.2) is 16.1 Å². The molecule has 0 aromatic carbocycles. The summed E-state index contributed by atoms with van der Waals surface area (Å²) in [6.07, 6.45) is 3.44. The maximum absolute atomic E-state index is 6.65. The van der Waals surface area contributed by atoms with Crippen LogP contribution in [0.15, 0.2) is 22.4 Å². The van der Waals surface area contributed by atoms with Crippen molar-refractivity contribution in [1.82, 2.24) is 0 Å². The first-order valence-electron chi connectivity index (χ1n) is 8.21. The Morgan fingerprint density at radius 2 is 1.29 bits per heavy atom. The Kier molecular flexibility index (Phi) is 4.84. The quantitative estimate of drug-likeness (QED) is 0.516. The Balaban J connectivity index is 3.20. The molecule has 0 aromatic rings. The molecule has 1 aliphatic heterocycles. The molecule has 122 valence electrons. The molecule has 0 aromatic heterocycles. The zero-order valence-corrected chi connectivity index (χ0v) is 18.2. The van der Waals surface area contributed by atoms with Gasteiger partial charge in [-0.15, -0.1) is 0 Å². The van der Waals surface area contributed by atoms with Crippen LogP contribution < -0.4 is 0 Å². The Labute approximate surface area is 134 Å². The van der Waals surface area contributed by atoms with Crippen LogP contribution in [0.4, 0.5) is 0 Å². The van der Waals surface area contributed by atoms with Gasteiger partial charge in [0.25, 0.3) is 0 Å². The van der Waals surface area contributed by atoms with Crippen molar-refractivity contribution >= 4 is 16.1 Å². The third-order valence-corrected chi connectivity index (χ3v) is 16.8. The van der Waals surface area contributed by atoms with Crippen molar-refractivity contribution in [2.75, 3.05) is 0 Å². The standard InChI is InChI=1S/C18H36OSi2/c1-14-12-13-15(20(8,9)17(2,3)4)19-16(14)21(10,11)18(5,6)7/h13H,12H2,1-11H3. The molecule has 21 heavy (non-hydrogen) atoms. The van der Waals surface area contributed by atoms with Crippen molar-refractivity contribution in [3.05, 3.63) is 22.4 Å². The second kappa shape index (κ2) is 5.41. The van der Waals surface area contributed by atoms with Crippen LogP contribution in [-0.2, 0) is 4.74 Å². The predicted molar refractivity (Wildman–Crippen MR) is 101 cm³/mol. The normalized spacial score (nSPS) is 18.5. The van der Waals surface area contributed by atoms with Gasteiger partial charge in [-0.1, -0.05) is 67.7 Å². The van der Waals surface area contributed by atoms with E-state index in [1.54, 1.807) is 0 Å². The molecule has 1 nitrogen and oxygen atoms in total. The fraction of sp³-hybridized carbons (Fsp3) is 0.778. The van der Waals surface area contributed by atoms with Gasteiger partial charge in [0, 0.05) is 0 Å². The van der Waals surface area contributed by atoms with Crippen LogP contribution in [0.25, 0.3) is 0 Å². The minimum absolute atomic E-state index is 0.319. The van der Waals surface area contributed by atoms with Gasteiger partial charge in [0.2, 0.25) is 0 Å². The average Bonchev–Trinajstić information content (AvgIpc) is 2.25. The molecule has 0 bridgehead atoms. The van der Waals surface area contributed by atoms with E-state index < -0.39 is 16.1 Å². The van der Waals surface area contributed by atoms with E-state index in [-0.39, 0.29) is 0 Å². The van der Waals surface area contributed by atoms with Crippen molar-refractivity contribution in [2.24, 2.45) is 0 Å². The predicted octanol–water partition coefficient (Wildman–Crippen LogP) is 6.66. The first kappa shape index (κ1) is 18.8. The molecular formula is C18H36OSi2. The van der Waals surface area contributed by atoms with Gasteiger partial charge in [-0.3, -0.25) is 0 Å². The van der Waals surface area contributed by atoms with Gasteiger partial charge >= 0.3 is 0 Å². The number of hydrogen-bond acceptors (Lipinski definition) is 1. The van der Waals surface area contributed by atoms with Crippen molar-refractivity contribution in [3.8, 4) is 0 Å². The lowest BCUT2D eigenvalue weighted by atomic mass is 10.2. The lowest BCUT2D eigenvalue weighted by molar-refractivity contribution is 0.332. The highest BCUT2D eigenvalue weighted by Crippen LogP contribution is 2.48. The van der Waals surface area contributed by atoms with Gasteiger partial charge in [-0.05, 0) is 35.1 Å². The Bertz CT molecular complexity index is 468. The summed E-state index contributed by atoms with van der Waals surface area (Å²) in [7, 11) is -3.19. The molecule has 0 fully saturated rings. The van der Waals surface area contributed by atoms with E-state index in [0.717, 1.165) is 6.42 Å².